The molecule has 128 valence electrons. The number of hydrogen-bond donors (Lipinski definition) is 2. The van der Waals surface area contributed by atoms with E-state index in [1.807, 2.05) is 24.6 Å². The van der Waals surface area contributed by atoms with Crippen LogP contribution in [0.25, 0.3) is 0 Å². The lowest BCUT2D eigenvalue weighted by molar-refractivity contribution is 0.0942. The van der Waals surface area contributed by atoms with Crippen LogP contribution < -0.4 is 15.4 Å². The molecule has 0 spiro atoms. The first kappa shape index (κ1) is 16.5. The fourth-order valence-electron chi connectivity index (χ4n) is 3.10. The molecular weight excluding hydrogens is 304 g/mol. The number of amides is 1. The molecule has 0 radical (unpaired) electrons. The van der Waals surface area contributed by atoms with E-state index in [0.717, 1.165) is 35.8 Å². The molecule has 3 rings (SSSR count). The number of rotatable bonds is 5. The maximum absolute atomic E-state index is 12.2. The van der Waals surface area contributed by atoms with Gasteiger partial charge in [0.1, 0.15) is 23.9 Å². The predicted molar refractivity (Wildman–Crippen MR) is 92.4 cm³/mol. The highest BCUT2D eigenvalue weighted by Gasteiger charge is 2.16. The Morgan fingerprint density at radius 1 is 1.33 bits per heavy atom. The largest absolute Gasteiger partial charge is 0.491 e. The molecule has 2 heterocycles. The Hall–Kier alpha value is -2.34. The molecule has 1 aliphatic rings. The highest BCUT2D eigenvalue weighted by Crippen LogP contribution is 2.24. The number of aromatic nitrogens is 2. The Morgan fingerprint density at radius 2 is 2.08 bits per heavy atom. The minimum Gasteiger partial charge on any atom is -0.491 e. The second-order valence-electron chi connectivity index (χ2n) is 6.24. The van der Waals surface area contributed by atoms with Crippen LogP contribution in [0.3, 0.4) is 0 Å². The molecule has 0 unspecified atom stereocenters. The lowest BCUT2D eigenvalue weighted by Gasteiger charge is -2.13. The first-order valence-electron chi connectivity index (χ1n) is 8.30. The molecule has 24 heavy (non-hydrogen) atoms. The Bertz CT molecular complexity index is 705. The minimum absolute atomic E-state index is 0.155. The first-order valence-corrected chi connectivity index (χ1v) is 8.30. The summed E-state index contributed by atoms with van der Waals surface area (Å²) in [5.41, 5.74) is 3.93. The van der Waals surface area contributed by atoms with E-state index in [1.54, 1.807) is 0 Å². The van der Waals surface area contributed by atoms with Crippen LogP contribution in [-0.4, -0.2) is 35.2 Å². The Kier molecular flexibility index (Phi) is 4.85. The van der Waals surface area contributed by atoms with Gasteiger partial charge in [-0.1, -0.05) is 17.7 Å². The lowest BCUT2D eigenvalue weighted by atomic mass is 10.1. The number of imidazole rings is 1. The van der Waals surface area contributed by atoms with Crippen molar-refractivity contribution in [3.05, 3.63) is 46.5 Å². The van der Waals surface area contributed by atoms with E-state index in [2.05, 4.69) is 34.7 Å². The zero-order chi connectivity index (χ0) is 17.1. The topological polar surface area (TPSA) is 68.2 Å². The molecule has 0 saturated carbocycles. The smallest absolute Gasteiger partial charge is 0.271 e. The monoisotopic (exact) mass is 328 g/mol. The number of hydrogen-bond acceptors (Lipinski definition) is 4. The lowest BCUT2D eigenvalue weighted by Crippen LogP contribution is -2.28. The number of ether oxygens (including phenoxy) is 1. The molecule has 2 N–H and O–H groups in total. The van der Waals surface area contributed by atoms with E-state index < -0.39 is 0 Å². The van der Waals surface area contributed by atoms with E-state index >= 15 is 0 Å². The van der Waals surface area contributed by atoms with Crippen molar-refractivity contribution < 1.29 is 9.53 Å². The molecule has 2 aromatic rings. The molecule has 0 bridgehead atoms. The van der Waals surface area contributed by atoms with E-state index in [4.69, 9.17) is 4.74 Å². The van der Waals surface area contributed by atoms with Crippen LogP contribution in [0.15, 0.2) is 18.3 Å². The fraction of sp³-hybridized carbons (Fsp3) is 0.444. The van der Waals surface area contributed by atoms with E-state index in [-0.39, 0.29) is 5.91 Å². The Labute approximate surface area is 142 Å². The number of nitrogens with zero attached hydrogens (tertiary/aromatic N) is 2. The van der Waals surface area contributed by atoms with Gasteiger partial charge in [-0.25, -0.2) is 4.98 Å². The van der Waals surface area contributed by atoms with Gasteiger partial charge in [0.15, 0.2) is 0 Å². The summed E-state index contributed by atoms with van der Waals surface area (Å²) >= 11 is 0. The third-order valence-electron chi connectivity index (χ3n) is 4.14. The number of carbonyl (C=O) groups is 1. The molecule has 1 aliphatic heterocycles. The van der Waals surface area contributed by atoms with Crippen molar-refractivity contribution in [3.63, 3.8) is 0 Å². The van der Waals surface area contributed by atoms with Gasteiger partial charge in [-0.3, -0.25) is 4.79 Å². The molecule has 0 atom stereocenters. The quantitative estimate of drug-likeness (QED) is 0.820. The summed E-state index contributed by atoms with van der Waals surface area (Å²) in [6.07, 6.45) is 1.82. The van der Waals surface area contributed by atoms with Crippen LogP contribution in [-0.2, 0) is 13.1 Å². The zero-order valence-corrected chi connectivity index (χ0v) is 14.5. The second-order valence-corrected chi connectivity index (χ2v) is 6.24. The summed E-state index contributed by atoms with van der Waals surface area (Å²) < 4.78 is 7.87. The van der Waals surface area contributed by atoms with Gasteiger partial charge < -0.3 is 19.9 Å². The SMILES string of the molecule is Cc1cc(C)c(OCCNC(=O)c2cn3c(n2)CNCC3)c(C)c1. The number of fused-ring (bicyclic) bond motifs is 1. The van der Waals surface area contributed by atoms with Gasteiger partial charge in [0.05, 0.1) is 13.1 Å². The van der Waals surface area contributed by atoms with E-state index in [9.17, 15) is 4.79 Å². The molecule has 6 heteroatoms. The molecule has 0 aliphatic carbocycles. The van der Waals surface area contributed by atoms with Crippen molar-refractivity contribution >= 4 is 5.91 Å². The standard InChI is InChI=1S/C18H24N4O2/c1-12-8-13(2)17(14(3)9-12)24-7-5-20-18(23)15-11-22-6-4-19-10-16(22)21-15/h8-9,11,19H,4-7,10H2,1-3H3,(H,20,23). The van der Waals surface area contributed by atoms with Crippen molar-refractivity contribution in [1.29, 1.82) is 0 Å². The van der Waals surface area contributed by atoms with Crippen molar-refractivity contribution in [3.8, 4) is 5.75 Å². The van der Waals surface area contributed by atoms with Crippen LogP contribution in [0.1, 0.15) is 33.0 Å². The van der Waals surface area contributed by atoms with Gasteiger partial charge in [-0.15, -0.1) is 0 Å². The number of benzene rings is 1. The summed E-state index contributed by atoms with van der Waals surface area (Å²) in [7, 11) is 0. The van der Waals surface area contributed by atoms with Crippen molar-refractivity contribution in [2.75, 3.05) is 19.7 Å². The van der Waals surface area contributed by atoms with E-state index in [0.29, 0.717) is 25.4 Å². The van der Waals surface area contributed by atoms with Crippen LogP contribution in [0.5, 0.6) is 5.75 Å². The summed E-state index contributed by atoms with van der Waals surface area (Å²) in [4.78, 5) is 16.6. The van der Waals surface area contributed by atoms with Crippen molar-refractivity contribution in [2.45, 2.75) is 33.9 Å². The van der Waals surface area contributed by atoms with Gasteiger partial charge >= 0.3 is 0 Å². The van der Waals surface area contributed by atoms with E-state index in [1.165, 1.54) is 5.56 Å². The van der Waals surface area contributed by atoms with Gasteiger partial charge in [-0.05, 0) is 31.9 Å². The Balaban J connectivity index is 1.51. The van der Waals surface area contributed by atoms with Gasteiger partial charge in [-0.2, -0.15) is 0 Å². The predicted octanol–water partition coefficient (Wildman–Crippen LogP) is 1.72. The molecular formula is C18H24N4O2. The highest BCUT2D eigenvalue weighted by molar-refractivity contribution is 5.92. The minimum atomic E-state index is -0.155. The number of nitrogens with one attached hydrogen (secondary N) is 2. The summed E-state index contributed by atoms with van der Waals surface area (Å²) in [5.74, 6) is 1.66. The fourth-order valence-corrected chi connectivity index (χ4v) is 3.10. The summed E-state index contributed by atoms with van der Waals surface area (Å²) in [6, 6.07) is 4.20. The first-order chi connectivity index (χ1) is 11.5. The maximum atomic E-state index is 12.2. The van der Waals surface area contributed by atoms with Crippen molar-refractivity contribution in [2.24, 2.45) is 0 Å². The average molecular weight is 328 g/mol. The molecule has 1 amide bonds. The molecule has 1 aromatic heterocycles. The van der Waals surface area contributed by atoms with Crippen molar-refractivity contribution in [1.82, 2.24) is 20.2 Å². The molecule has 0 saturated heterocycles. The summed E-state index contributed by atoms with van der Waals surface area (Å²) in [5, 5.41) is 6.11. The normalized spacial score (nSPS) is 13.5. The maximum Gasteiger partial charge on any atom is 0.271 e. The Morgan fingerprint density at radius 3 is 2.79 bits per heavy atom. The van der Waals surface area contributed by atoms with Gasteiger partial charge in [0, 0.05) is 19.3 Å². The van der Waals surface area contributed by atoms with Crippen LogP contribution in [0, 0.1) is 20.8 Å². The second kappa shape index (κ2) is 7.05. The summed E-state index contributed by atoms with van der Waals surface area (Å²) in [6.45, 7) is 9.51. The molecule has 0 fully saturated rings. The third-order valence-corrected chi connectivity index (χ3v) is 4.14. The number of aryl methyl sites for hydroxylation is 3. The molecule has 6 nitrogen and oxygen atoms in total. The van der Waals surface area contributed by atoms with Gasteiger partial charge in [0.25, 0.3) is 5.91 Å². The third kappa shape index (κ3) is 3.59. The molecule has 1 aromatic carbocycles. The average Bonchev–Trinajstić information content (AvgIpc) is 2.97. The van der Waals surface area contributed by atoms with Gasteiger partial charge in [0.2, 0.25) is 0 Å². The van der Waals surface area contributed by atoms with Crippen LogP contribution >= 0.6 is 0 Å². The van der Waals surface area contributed by atoms with Crippen LogP contribution in [0.4, 0.5) is 0 Å². The van der Waals surface area contributed by atoms with Crippen LogP contribution in [0.2, 0.25) is 0 Å². The number of carbonyl (C=O) groups excluding carboxylic acids is 1. The zero-order valence-electron chi connectivity index (χ0n) is 14.5. The highest BCUT2D eigenvalue weighted by atomic mass is 16.5.